The zero-order chi connectivity index (χ0) is 19.3. The number of rotatable bonds is 7. The Labute approximate surface area is 162 Å². The summed E-state index contributed by atoms with van der Waals surface area (Å²) in [6, 6.07) is 4.96. The Hall–Kier alpha value is -2.05. The van der Waals surface area contributed by atoms with Crippen molar-refractivity contribution in [3.8, 4) is 0 Å². The first kappa shape index (κ1) is 20.3. The third-order valence-electron chi connectivity index (χ3n) is 4.07. The molecular formula is C18H21Cl2N3O3. The standard InChI is InChI=1S/C18H21Cl2N3O3/c1-4-23(17(25)9-8-13-11(2)22-26-12(13)3)10-16(24)21-18-14(19)6-5-7-15(18)20/h5-7H,4,8-10H2,1-3H3,(H,21,24). The molecule has 0 fully saturated rings. The lowest BCUT2D eigenvalue weighted by Crippen LogP contribution is -2.38. The summed E-state index contributed by atoms with van der Waals surface area (Å²) in [5.41, 5.74) is 2.06. The summed E-state index contributed by atoms with van der Waals surface area (Å²) in [6.07, 6.45) is 0.797. The van der Waals surface area contributed by atoms with Crippen molar-refractivity contribution in [2.24, 2.45) is 0 Å². The predicted octanol–water partition coefficient (Wildman–Crippen LogP) is 4.02. The van der Waals surface area contributed by atoms with Gasteiger partial charge in [-0.3, -0.25) is 9.59 Å². The van der Waals surface area contributed by atoms with Gasteiger partial charge in [0.2, 0.25) is 11.8 Å². The molecule has 1 heterocycles. The van der Waals surface area contributed by atoms with Crippen molar-refractivity contribution in [1.82, 2.24) is 10.1 Å². The highest BCUT2D eigenvalue weighted by atomic mass is 35.5. The van der Waals surface area contributed by atoms with Crippen LogP contribution in [0.4, 0.5) is 5.69 Å². The minimum absolute atomic E-state index is 0.0709. The van der Waals surface area contributed by atoms with E-state index in [9.17, 15) is 9.59 Å². The van der Waals surface area contributed by atoms with E-state index in [1.807, 2.05) is 20.8 Å². The number of aromatic nitrogens is 1. The number of hydrogen-bond donors (Lipinski definition) is 1. The van der Waals surface area contributed by atoms with Crippen molar-refractivity contribution >= 4 is 40.7 Å². The topological polar surface area (TPSA) is 75.4 Å². The van der Waals surface area contributed by atoms with Crippen molar-refractivity contribution < 1.29 is 14.1 Å². The summed E-state index contributed by atoms with van der Waals surface area (Å²) in [7, 11) is 0. The molecule has 8 heteroatoms. The van der Waals surface area contributed by atoms with Gasteiger partial charge in [0.1, 0.15) is 5.76 Å². The highest BCUT2D eigenvalue weighted by Gasteiger charge is 2.19. The van der Waals surface area contributed by atoms with Gasteiger partial charge in [0.05, 0.1) is 28.0 Å². The van der Waals surface area contributed by atoms with Crippen LogP contribution in [0.25, 0.3) is 0 Å². The third kappa shape index (κ3) is 4.99. The fraction of sp³-hybridized carbons (Fsp3) is 0.389. The van der Waals surface area contributed by atoms with Crippen LogP contribution in [0.1, 0.15) is 30.4 Å². The molecule has 0 atom stereocenters. The number of carbonyl (C=O) groups is 2. The van der Waals surface area contributed by atoms with E-state index in [2.05, 4.69) is 10.5 Å². The average Bonchev–Trinajstić information content (AvgIpc) is 2.92. The SMILES string of the molecule is CCN(CC(=O)Nc1c(Cl)cccc1Cl)C(=O)CCc1c(C)noc1C. The Morgan fingerprint density at radius 2 is 1.88 bits per heavy atom. The van der Waals surface area contributed by atoms with Crippen molar-refractivity contribution in [1.29, 1.82) is 0 Å². The lowest BCUT2D eigenvalue weighted by Gasteiger charge is -2.20. The van der Waals surface area contributed by atoms with Gasteiger partial charge in [-0.05, 0) is 39.3 Å². The Balaban J connectivity index is 1.95. The fourth-order valence-electron chi connectivity index (χ4n) is 2.59. The monoisotopic (exact) mass is 397 g/mol. The Kier molecular flexibility index (Phi) is 7.06. The van der Waals surface area contributed by atoms with E-state index in [0.717, 1.165) is 11.3 Å². The number of amides is 2. The molecule has 0 aliphatic rings. The van der Waals surface area contributed by atoms with Gasteiger partial charge in [-0.1, -0.05) is 34.4 Å². The lowest BCUT2D eigenvalue weighted by atomic mass is 10.1. The normalized spacial score (nSPS) is 10.7. The van der Waals surface area contributed by atoms with Crippen molar-refractivity contribution in [3.63, 3.8) is 0 Å². The van der Waals surface area contributed by atoms with E-state index in [0.29, 0.717) is 34.5 Å². The van der Waals surface area contributed by atoms with Gasteiger partial charge in [0, 0.05) is 18.5 Å². The minimum atomic E-state index is -0.354. The van der Waals surface area contributed by atoms with Crippen LogP contribution in [-0.4, -0.2) is 35.0 Å². The second-order valence-corrected chi connectivity index (χ2v) is 6.67. The summed E-state index contributed by atoms with van der Waals surface area (Å²) in [4.78, 5) is 26.2. The number of hydrogen-bond acceptors (Lipinski definition) is 4. The molecule has 6 nitrogen and oxygen atoms in total. The van der Waals surface area contributed by atoms with E-state index in [-0.39, 0.29) is 24.8 Å². The summed E-state index contributed by atoms with van der Waals surface area (Å²) in [5.74, 6) is 0.241. The second kappa shape index (κ2) is 9.05. The number of nitrogens with zero attached hydrogens (tertiary/aromatic N) is 2. The molecule has 0 spiro atoms. The first-order chi connectivity index (χ1) is 12.3. The molecule has 2 amide bonds. The van der Waals surface area contributed by atoms with Gasteiger partial charge in [0.25, 0.3) is 0 Å². The van der Waals surface area contributed by atoms with Crippen LogP contribution >= 0.6 is 23.2 Å². The smallest absolute Gasteiger partial charge is 0.244 e. The van der Waals surface area contributed by atoms with Crippen LogP contribution in [0.15, 0.2) is 22.7 Å². The quantitative estimate of drug-likeness (QED) is 0.765. The maximum Gasteiger partial charge on any atom is 0.244 e. The molecule has 0 aliphatic carbocycles. The van der Waals surface area contributed by atoms with Gasteiger partial charge in [0.15, 0.2) is 0 Å². The molecular weight excluding hydrogens is 377 g/mol. The van der Waals surface area contributed by atoms with Crippen LogP contribution in [0.2, 0.25) is 10.0 Å². The van der Waals surface area contributed by atoms with Crippen LogP contribution in [0.5, 0.6) is 0 Å². The van der Waals surface area contributed by atoms with E-state index in [1.54, 1.807) is 18.2 Å². The second-order valence-electron chi connectivity index (χ2n) is 5.86. The lowest BCUT2D eigenvalue weighted by molar-refractivity contribution is -0.134. The zero-order valence-electron chi connectivity index (χ0n) is 14.9. The van der Waals surface area contributed by atoms with Crippen LogP contribution in [0.3, 0.4) is 0 Å². The molecule has 1 N–H and O–H groups in total. The third-order valence-corrected chi connectivity index (χ3v) is 4.70. The maximum atomic E-state index is 12.5. The number of benzene rings is 1. The molecule has 0 aliphatic heterocycles. The van der Waals surface area contributed by atoms with Gasteiger partial charge in [-0.2, -0.15) is 0 Å². The van der Waals surface area contributed by atoms with E-state index in [4.69, 9.17) is 27.7 Å². The number of aryl methyl sites for hydroxylation is 2. The maximum absolute atomic E-state index is 12.5. The van der Waals surface area contributed by atoms with Crippen LogP contribution < -0.4 is 5.32 Å². The predicted molar refractivity (Wildman–Crippen MR) is 102 cm³/mol. The molecule has 2 aromatic rings. The molecule has 140 valence electrons. The summed E-state index contributed by atoms with van der Waals surface area (Å²) >= 11 is 12.1. The Morgan fingerprint density at radius 3 is 2.42 bits per heavy atom. The van der Waals surface area contributed by atoms with Crippen LogP contribution in [0, 0.1) is 13.8 Å². The molecule has 1 aromatic carbocycles. The summed E-state index contributed by atoms with van der Waals surface area (Å²) in [5, 5.41) is 7.24. The van der Waals surface area contributed by atoms with Crippen molar-refractivity contribution in [2.75, 3.05) is 18.4 Å². The molecule has 0 unspecified atom stereocenters. The first-order valence-electron chi connectivity index (χ1n) is 8.26. The van der Waals surface area contributed by atoms with Crippen molar-refractivity contribution in [3.05, 3.63) is 45.3 Å². The van der Waals surface area contributed by atoms with E-state index >= 15 is 0 Å². The highest BCUT2D eigenvalue weighted by molar-refractivity contribution is 6.39. The largest absolute Gasteiger partial charge is 0.361 e. The van der Waals surface area contributed by atoms with Crippen molar-refractivity contribution in [2.45, 2.75) is 33.6 Å². The van der Waals surface area contributed by atoms with Gasteiger partial charge < -0.3 is 14.7 Å². The molecule has 1 aromatic heterocycles. The van der Waals surface area contributed by atoms with Gasteiger partial charge in [-0.25, -0.2) is 0 Å². The average molecular weight is 398 g/mol. The zero-order valence-corrected chi connectivity index (χ0v) is 16.4. The number of nitrogens with one attached hydrogen (secondary N) is 1. The summed E-state index contributed by atoms with van der Waals surface area (Å²) in [6.45, 7) is 5.83. The van der Waals surface area contributed by atoms with Gasteiger partial charge in [-0.15, -0.1) is 0 Å². The Bertz CT molecular complexity index is 765. The number of halogens is 2. The number of likely N-dealkylation sites (N-methyl/N-ethyl adjacent to an activating group) is 1. The molecule has 0 saturated heterocycles. The molecule has 26 heavy (non-hydrogen) atoms. The molecule has 2 rings (SSSR count). The first-order valence-corrected chi connectivity index (χ1v) is 9.02. The molecule has 0 radical (unpaired) electrons. The van der Waals surface area contributed by atoms with Gasteiger partial charge >= 0.3 is 0 Å². The summed E-state index contributed by atoms with van der Waals surface area (Å²) < 4.78 is 5.10. The van der Waals surface area contributed by atoms with E-state index < -0.39 is 0 Å². The minimum Gasteiger partial charge on any atom is -0.361 e. The molecule has 0 saturated carbocycles. The highest BCUT2D eigenvalue weighted by Crippen LogP contribution is 2.29. The van der Waals surface area contributed by atoms with Crippen LogP contribution in [-0.2, 0) is 16.0 Å². The number of carbonyl (C=O) groups excluding carboxylic acids is 2. The Morgan fingerprint density at radius 1 is 1.23 bits per heavy atom. The fourth-order valence-corrected chi connectivity index (χ4v) is 3.09. The number of para-hydroxylation sites is 1. The molecule has 0 bridgehead atoms. The van der Waals surface area contributed by atoms with E-state index in [1.165, 1.54) is 4.90 Å². The number of anilines is 1.